The summed E-state index contributed by atoms with van der Waals surface area (Å²) in [5.41, 5.74) is 4.49. The van der Waals surface area contributed by atoms with Crippen molar-refractivity contribution < 1.29 is 14.3 Å². The highest BCUT2D eigenvalue weighted by Crippen LogP contribution is 2.39. The van der Waals surface area contributed by atoms with Crippen molar-refractivity contribution in [3.63, 3.8) is 0 Å². The Morgan fingerprint density at radius 3 is 2.07 bits per heavy atom. The number of hydrogen-bond acceptors (Lipinski definition) is 3. The molecule has 5 heteroatoms. The molecule has 2 rings (SSSR count). The van der Waals surface area contributed by atoms with Gasteiger partial charge in [0.25, 0.3) is 5.91 Å². The molecular formula is C22H27FN2O2. The van der Waals surface area contributed by atoms with Gasteiger partial charge in [-0.25, -0.2) is 9.82 Å². The normalized spacial score (nSPS) is 12.4. The van der Waals surface area contributed by atoms with E-state index in [2.05, 4.69) is 10.5 Å². The zero-order valence-corrected chi connectivity index (χ0v) is 16.7. The molecule has 2 aromatic rings. The highest BCUT2D eigenvalue weighted by atomic mass is 19.1. The predicted octanol–water partition coefficient (Wildman–Crippen LogP) is 4.89. The van der Waals surface area contributed by atoms with Crippen molar-refractivity contribution in [1.29, 1.82) is 0 Å². The summed E-state index contributed by atoms with van der Waals surface area (Å²) in [7, 11) is 0. The maximum atomic E-state index is 13.2. The molecule has 0 fully saturated rings. The predicted molar refractivity (Wildman–Crippen MR) is 107 cm³/mol. The van der Waals surface area contributed by atoms with Crippen LogP contribution in [-0.4, -0.2) is 17.2 Å². The Bertz CT molecular complexity index is 840. The van der Waals surface area contributed by atoms with Gasteiger partial charge in [-0.15, -0.1) is 0 Å². The van der Waals surface area contributed by atoms with Crippen molar-refractivity contribution in [3.8, 4) is 5.75 Å². The Kier molecular flexibility index (Phi) is 5.73. The van der Waals surface area contributed by atoms with Crippen molar-refractivity contribution in [3.05, 3.63) is 64.5 Å². The van der Waals surface area contributed by atoms with E-state index in [1.807, 2.05) is 53.7 Å². The number of halogens is 1. The quantitative estimate of drug-likeness (QED) is 0.597. The lowest BCUT2D eigenvalue weighted by atomic mass is 9.78. The average Bonchev–Trinajstić information content (AvgIpc) is 2.53. The second-order valence-corrected chi connectivity index (χ2v) is 8.67. The number of rotatable bonds is 3. The van der Waals surface area contributed by atoms with Gasteiger partial charge in [-0.1, -0.05) is 47.6 Å². The number of carbonyl (C=O) groups excluding carboxylic acids is 1. The van der Waals surface area contributed by atoms with Crippen molar-refractivity contribution >= 4 is 12.1 Å². The molecule has 0 aliphatic heterocycles. The number of amides is 1. The van der Waals surface area contributed by atoms with E-state index in [1.165, 1.54) is 24.4 Å². The van der Waals surface area contributed by atoms with E-state index in [-0.39, 0.29) is 22.1 Å². The number of hydrazone groups is 1. The molecular weight excluding hydrogens is 343 g/mol. The van der Waals surface area contributed by atoms with Crippen molar-refractivity contribution in [2.45, 2.75) is 52.4 Å². The third-order valence-electron chi connectivity index (χ3n) is 4.21. The van der Waals surface area contributed by atoms with Gasteiger partial charge in [-0.3, -0.25) is 4.79 Å². The van der Waals surface area contributed by atoms with Gasteiger partial charge in [0, 0.05) is 16.7 Å². The summed E-state index contributed by atoms with van der Waals surface area (Å²) in [6.45, 7) is 12.2. The number of nitrogens with one attached hydrogen (secondary N) is 1. The zero-order valence-electron chi connectivity index (χ0n) is 16.7. The first-order valence-electron chi connectivity index (χ1n) is 8.86. The monoisotopic (exact) mass is 370 g/mol. The highest BCUT2D eigenvalue weighted by Gasteiger charge is 2.26. The molecule has 0 saturated heterocycles. The minimum absolute atomic E-state index is 0.198. The van der Waals surface area contributed by atoms with Crippen molar-refractivity contribution in [1.82, 2.24) is 5.43 Å². The van der Waals surface area contributed by atoms with Gasteiger partial charge in [-0.2, -0.15) is 5.10 Å². The van der Waals surface area contributed by atoms with Crippen LogP contribution < -0.4 is 5.43 Å². The summed E-state index contributed by atoms with van der Waals surface area (Å²) >= 11 is 0. The lowest BCUT2D eigenvalue weighted by molar-refractivity contribution is 0.0954. The number of hydrogen-bond donors (Lipinski definition) is 2. The van der Waals surface area contributed by atoms with Gasteiger partial charge in [0.2, 0.25) is 0 Å². The van der Waals surface area contributed by atoms with E-state index in [1.54, 1.807) is 0 Å². The lowest BCUT2D eigenvalue weighted by Crippen LogP contribution is -2.19. The molecule has 27 heavy (non-hydrogen) atoms. The second kappa shape index (κ2) is 7.51. The molecule has 4 nitrogen and oxygen atoms in total. The van der Waals surface area contributed by atoms with E-state index < -0.39 is 11.7 Å². The molecule has 1 amide bonds. The fraction of sp³-hybridized carbons (Fsp3) is 0.364. The Morgan fingerprint density at radius 2 is 1.59 bits per heavy atom. The molecule has 0 saturated carbocycles. The van der Waals surface area contributed by atoms with E-state index in [0.717, 1.165) is 22.8 Å². The molecule has 144 valence electrons. The molecule has 0 unspecified atom stereocenters. The Balaban J connectivity index is 2.32. The number of aromatic hydroxyl groups is 1. The fourth-order valence-corrected chi connectivity index (χ4v) is 2.73. The minimum atomic E-state index is -0.489. The summed E-state index contributed by atoms with van der Waals surface area (Å²) < 4.78 is 13.2. The summed E-state index contributed by atoms with van der Waals surface area (Å²) in [4.78, 5) is 12.1. The Hall–Kier alpha value is -2.69. The third-order valence-corrected chi connectivity index (χ3v) is 4.21. The van der Waals surface area contributed by atoms with Gasteiger partial charge in [0.05, 0.1) is 6.21 Å². The summed E-state index contributed by atoms with van der Waals surface area (Å²) in [6, 6.07) is 9.15. The van der Waals surface area contributed by atoms with Crippen LogP contribution in [0, 0.1) is 5.82 Å². The SMILES string of the molecule is CC(C)(C)c1cc(/C=N\NC(=O)c2cccc(F)c2)cc(C(C)(C)C)c1O. The van der Waals surface area contributed by atoms with Crippen LogP contribution >= 0.6 is 0 Å². The molecule has 0 bridgehead atoms. The average molecular weight is 370 g/mol. The third kappa shape index (κ3) is 5.16. The Morgan fingerprint density at radius 1 is 1.04 bits per heavy atom. The molecule has 0 heterocycles. The molecule has 2 N–H and O–H groups in total. The van der Waals surface area contributed by atoms with E-state index in [9.17, 15) is 14.3 Å². The number of benzene rings is 2. The first-order valence-corrected chi connectivity index (χ1v) is 8.86. The Labute approximate surface area is 160 Å². The summed E-state index contributed by atoms with van der Waals surface area (Å²) in [5.74, 6) is -0.678. The molecule has 0 atom stereocenters. The van der Waals surface area contributed by atoms with Gasteiger partial charge < -0.3 is 5.11 Å². The van der Waals surface area contributed by atoms with Gasteiger partial charge in [0.1, 0.15) is 11.6 Å². The smallest absolute Gasteiger partial charge is 0.271 e. The molecule has 0 spiro atoms. The maximum Gasteiger partial charge on any atom is 0.271 e. The van der Waals surface area contributed by atoms with E-state index in [4.69, 9.17) is 0 Å². The molecule has 0 aromatic heterocycles. The standard InChI is InChI=1S/C22H27FN2O2/c1-21(2,3)17-10-14(11-18(19(17)26)22(4,5)6)13-24-25-20(27)15-8-7-9-16(23)12-15/h7-13,26H,1-6H3,(H,25,27)/b24-13-. The van der Waals surface area contributed by atoms with Crippen LogP contribution in [0.2, 0.25) is 0 Å². The fourth-order valence-electron chi connectivity index (χ4n) is 2.73. The van der Waals surface area contributed by atoms with Crippen LogP contribution in [0.3, 0.4) is 0 Å². The van der Waals surface area contributed by atoms with Crippen LogP contribution in [0.5, 0.6) is 5.75 Å². The van der Waals surface area contributed by atoms with Crippen LogP contribution in [0.1, 0.15) is 68.6 Å². The minimum Gasteiger partial charge on any atom is -0.507 e. The topological polar surface area (TPSA) is 61.7 Å². The zero-order chi connectivity index (χ0) is 20.4. The number of phenolic OH excluding ortho intramolecular Hbond substituents is 1. The number of nitrogens with zero attached hydrogens (tertiary/aromatic N) is 1. The molecule has 0 aliphatic carbocycles. The first-order chi connectivity index (χ1) is 12.4. The summed E-state index contributed by atoms with van der Waals surface area (Å²) in [5, 5.41) is 14.7. The van der Waals surface area contributed by atoms with E-state index in [0.29, 0.717) is 0 Å². The maximum absolute atomic E-state index is 13.2. The first kappa shape index (κ1) is 20.6. The number of carbonyl (C=O) groups is 1. The van der Waals surface area contributed by atoms with Gasteiger partial charge in [-0.05, 0) is 46.7 Å². The van der Waals surface area contributed by atoms with Gasteiger partial charge in [0.15, 0.2) is 0 Å². The molecule has 0 aliphatic rings. The van der Waals surface area contributed by atoms with Crippen molar-refractivity contribution in [2.24, 2.45) is 5.10 Å². The largest absolute Gasteiger partial charge is 0.507 e. The van der Waals surface area contributed by atoms with Crippen LogP contribution in [-0.2, 0) is 10.8 Å². The van der Waals surface area contributed by atoms with Crippen molar-refractivity contribution in [2.75, 3.05) is 0 Å². The second-order valence-electron chi connectivity index (χ2n) is 8.67. The van der Waals surface area contributed by atoms with Gasteiger partial charge >= 0.3 is 0 Å². The van der Waals surface area contributed by atoms with Crippen LogP contribution in [0.25, 0.3) is 0 Å². The highest BCUT2D eigenvalue weighted by molar-refractivity contribution is 5.94. The van der Waals surface area contributed by atoms with Crippen LogP contribution in [0.15, 0.2) is 41.5 Å². The molecule has 0 radical (unpaired) electrons. The molecule has 2 aromatic carbocycles. The van der Waals surface area contributed by atoms with Crippen LogP contribution in [0.4, 0.5) is 4.39 Å². The summed E-state index contributed by atoms with van der Waals surface area (Å²) in [6.07, 6.45) is 1.53. The lowest BCUT2D eigenvalue weighted by Gasteiger charge is -2.27. The number of phenols is 1. The van der Waals surface area contributed by atoms with E-state index >= 15 is 0 Å².